The third-order valence-electron chi connectivity index (χ3n) is 4.78. The summed E-state index contributed by atoms with van der Waals surface area (Å²) in [6.45, 7) is 4.20. The first kappa shape index (κ1) is 24.1. The van der Waals surface area contributed by atoms with Crippen molar-refractivity contribution in [2.45, 2.75) is 25.3 Å². The van der Waals surface area contributed by atoms with Gasteiger partial charge in [0.05, 0.1) is 12.0 Å². The average molecular weight is 472 g/mol. The molecule has 0 aliphatic heterocycles. The summed E-state index contributed by atoms with van der Waals surface area (Å²) in [7, 11) is -1.94. The SMILES string of the molecule is CCN(CC)S(=O)(=O)c1ccc(/C=C/C(=O)OCc2nnc(-c3ccc(OC)cc3)o2)cc1. The third-order valence-corrected chi connectivity index (χ3v) is 6.84. The molecule has 0 amide bonds. The van der Waals surface area contributed by atoms with Crippen molar-refractivity contribution in [2.75, 3.05) is 20.2 Å². The van der Waals surface area contributed by atoms with Crippen molar-refractivity contribution in [1.82, 2.24) is 14.5 Å². The van der Waals surface area contributed by atoms with Gasteiger partial charge in [0.2, 0.25) is 15.9 Å². The minimum absolute atomic E-state index is 0.161. The molecule has 0 aliphatic carbocycles. The van der Waals surface area contributed by atoms with E-state index < -0.39 is 16.0 Å². The van der Waals surface area contributed by atoms with Crippen LogP contribution < -0.4 is 4.74 Å². The molecule has 0 atom stereocenters. The van der Waals surface area contributed by atoms with Gasteiger partial charge in [-0.1, -0.05) is 26.0 Å². The lowest BCUT2D eigenvalue weighted by Crippen LogP contribution is -2.30. The number of methoxy groups -OCH3 is 1. The van der Waals surface area contributed by atoms with Gasteiger partial charge in [-0.3, -0.25) is 0 Å². The largest absolute Gasteiger partial charge is 0.497 e. The Balaban J connectivity index is 1.56. The van der Waals surface area contributed by atoms with Gasteiger partial charge in [-0.25, -0.2) is 13.2 Å². The lowest BCUT2D eigenvalue weighted by molar-refractivity contribution is -0.139. The van der Waals surface area contributed by atoms with Gasteiger partial charge in [-0.2, -0.15) is 4.31 Å². The number of carbonyl (C=O) groups excluding carboxylic acids is 1. The number of ether oxygens (including phenoxy) is 2. The Morgan fingerprint density at radius 3 is 2.30 bits per heavy atom. The Labute approximate surface area is 192 Å². The molecule has 1 heterocycles. The van der Waals surface area contributed by atoms with Crippen LogP contribution in [0.15, 0.2) is 63.9 Å². The molecule has 0 bridgehead atoms. The van der Waals surface area contributed by atoms with E-state index in [1.165, 1.54) is 28.6 Å². The topological polar surface area (TPSA) is 112 Å². The molecule has 0 N–H and O–H groups in total. The summed E-state index contributed by atoms with van der Waals surface area (Å²) in [6, 6.07) is 13.4. The van der Waals surface area contributed by atoms with Crippen molar-refractivity contribution in [3.8, 4) is 17.2 Å². The summed E-state index contributed by atoms with van der Waals surface area (Å²) in [6.07, 6.45) is 2.78. The summed E-state index contributed by atoms with van der Waals surface area (Å²) in [5.74, 6) is 0.575. The fourth-order valence-electron chi connectivity index (χ4n) is 2.97. The molecule has 33 heavy (non-hydrogen) atoms. The average Bonchev–Trinajstić information content (AvgIpc) is 3.31. The monoisotopic (exact) mass is 471 g/mol. The zero-order valence-electron chi connectivity index (χ0n) is 18.6. The number of sulfonamides is 1. The van der Waals surface area contributed by atoms with Gasteiger partial charge >= 0.3 is 5.97 Å². The van der Waals surface area contributed by atoms with E-state index in [-0.39, 0.29) is 17.4 Å². The number of hydrogen-bond donors (Lipinski definition) is 0. The molecule has 0 aliphatic rings. The molecule has 0 saturated carbocycles. The quantitative estimate of drug-likeness (QED) is 0.326. The van der Waals surface area contributed by atoms with Crippen molar-refractivity contribution < 1.29 is 27.1 Å². The van der Waals surface area contributed by atoms with Gasteiger partial charge in [0.25, 0.3) is 5.89 Å². The van der Waals surface area contributed by atoms with Gasteiger partial charge < -0.3 is 13.9 Å². The number of rotatable bonds is 10. The number of esters is 1. The fourth-order valence-corrected chi connectivity index (χ4v) is 4.43. The Kier molecular flexibility index (Phi) is 7.96. The van der Waals surface area contributed by atoms with E-state index in [4.69, 9.17) is 13.9 Å². The first-order valence-corrected chi connectivity index (χ1v) is 11.7. The molecule has 0 fully saturated rings. The standard InChI is InChI=1S/C23H25N3O6S/c1-4-26(5-2)33(28,29)20-13-6-17(7-14-20)8-15-22(27)31-16-21-24-25-23(32-21)18-9-11-19(30-3)12-10-18/h6-15H,4-5,16H2,1-3H3/b15-8+. The highest BCUT2D eigenvalue weighted by atomic mass is 32.2. The predicted molar refractivity (Wildman–Crippen MR) is 122 cm³/mol. The number of hydrogen-bond acceptors (Lipinski definition) is 8. The summed E-state index contributed by atoms with van der Waals surface area (Å²) in [5.41, 5.74) is 1.37. The highest BCUT2D eigenvalue weighted by molar-refractivity contribution is 7.89. The second-order valence-corrected chi connectivity index (χ2v) is 8.77. The second-order valence-electron chi connectivity index (χ2n) is 6.83. The van der Waals surface area contributed by atoms with Crippen molar-refractivity contribution in [2.24, 2.45) is 0 Å². The summed E-state index contributed by atoms with van der Waals surface area (Å²) >= 11 is 0. The molecule has 3 rings (SSSR count). The Bertz CT molecular complexity index is 1200. The van der Waals surface area contributed by atoms with Crippen LogP contribution in [0.3, 0.4) is 0 Å². The first-order valence-electron chi connectivity index (χ1n) is 10.3. The van der Waals surface area contributed by atoms with E-state index in [1.54, 1.807) is 57.4 Å². The summed E-state index contributed by atoms with van der Waals surface area (Å²) in [5, 5.41) is 7.82. The highest BCUT2D eigenvalue weighted by Gasteiger charge is 2.21. The molecule has 3 aromatic rings. The fraction of sp³-hybridized carbons (Fsp3) is 0.261. The van der Waals surface area contributed by atoms with Gasteiger partial charge in [0.15, 0.2) is 6.61 Å². The Hall–Kier alpha value is -3.50. The van der Waals surface area contributed by atoms with Crippen LogP contribution in [0.25, 0.3) is 17.5 Å². The van der Waals surface area contributed by atoms with E-state index in [9.17, 15) is 13.2 Å². The van der Waals surface area contributed by atoms with Crippen LogP contribution >= 0.6 is 0 Å². The van der Waals surface area contributed by atoms with E-state index in [1.807, 2.05) is 0 Å². The van der Waals surface area contributed by atoms with Crippen molar-refractivity contribution in [3.05, 3.63) is 66.1 Å². The van der Waals surface area contributed by atoms with Crippen molar-refractivity contribution in [1.29, 1.82) is 0 Å². The molecule has 0 spiro atoms. The Morgan fingerprint density at radius 1 is 1.03 bits per heavy atom. The number of aromatic nitrogens is 2. The molecular weight excluding hydrogens is 446 g/mol. The van der Waals surface area contributed by atoms with Gasteiger partial charge in [0.1, 0.15) is 5.75 Å². The lowest BCUT2D eigenvalue weighted by Gasteiger charge is -2.18. The lowest BCUT2D eigenvalue weighted by atomic mass is 10.2. The van der Waals surface area contributed by atoms with Crippen molar-refractivity contribution >= 4 is 22.1 Å². The van der Waals surface area contributed by atoms with E-state index in [0.717, 1.165) is 0 Å². The number of benzene rings is 2. The van der Waals surface area contributed by atoms with E-state index in [0.29, 0.717) is 35.9 Å². The minimum Gasteiger partial charge on any atom is -0.497 e. The van der Waals surface area contributed by atoms with Crippen LogP contribution in [-0.2, 0) is 26.2 Å². The third kappa shape index (κ3) is 6.05. The highest BCUT2D eigenvalue weighted by Crippen LogP contribution is 2.21. The molecule has 174 valence electrons. The van der Waals surface area contributed by atoms with Crippen LogP contribution in [0, 0.1) is 0 Å². The van der Waals surface area contributed by atoms with Crippen LogP contribution in [0.5, 0.6) is 5.75 Å². The van der Waals surface area contributed by atoms with Gasteiger partial charge in [0, 0.05) is 24.7 Å². The number of nitrogens with zero attached hydrogens (tertiary/aromatic N) is 3. The zero-order valence-corrected chi connectivity index (χ0v) is 19.4. The summed E-state index contributed by atoms with van der Waals surface area (Å²) in [4.78, 5) is 12.2. The maximum atomic E-state index is 12.5. The maximum Gasteiger partial charge on any atom is 0.331 e. The van der Waals surface area contributed by atoms with Gasteiger partial charge in [-0.05, 0) is 48.0 Å². The minimum atomic E-state index is -3.52. The maximum absolute atomic E-state index is 12.5. The van der Waals surface area contributed by atoms with E-state index in [2.05, 4.69) is 10.2 Å². The molecule has 0 saturated heterocycles. The Morgan fingerprint density at radius 2 is 1.70 bits per heavy atom. The molecule has 1 aromatic heterocycles. The first-order chi connectivity index (χ1) is 15.9. The van der Waals surface area contributed by atoms with Crippen LogP contribution in [0.4, 0.5) is 0 Å². The van der Waals surface area contributed by atoms with E-state index >= 15 is 0 Å². The predicted octanol–water partition coefficient (Wildman–Crippen LogP) is 3.53. The molecular formula is C23H25N3O6S. The normalized spacial score (nSPS) is 11.8. The molecule has 2 aromatic carbocycles. The second kappa shape index (κ2) is 10.9. The zero-order chi connectivity index (χ0) is 23.8. The molecule has 10 heteroatoms. The summed E-state index contributed by atoms with van der Waals surface area (Å²) < 4.78 is 42.2. The number of carbonyl (C=O) groups is 1. The van der Waals surface area contributed by atoms with Crippen LogP contribution in [0.2, 0.25) is 0 Å². The van der Waals surface area contributed by atoms with Crippen molar-refractivity contribution in [3.63, 3.8) is 0 Å². The molecule has 0 unspecified atom stereocenters. The molecule has 9 nitrogen and oxygen atoms in total. The van der Waals surface area contributed by atoms with Gasteiger partial charge in [-0.15, -0.1) is 10.2 Å². The molecule has 0 radical (unpaired) electrons. The smallest absolute Gasteiger partial charge is 0.331 e. The van der Waals surface area contributed by atoms with Crippen LogP contribution in [-0.4, -0.2) is 49.1 Å². The van der Waals surface area contributed by atoms with Crippen LogP contribution in [0.1, 0.15) is 25.3 Å².